The Bertz CT molecular complexity index is 239. The van der Waals surface area contributed by atoms with E-state index in [4.69, 9.17) is 0 Å². The quantitative estimate of drug-likeness (QED) is 0.567. The van der Waals surface area contributed by atoms with Gasteiger partial charge in [0.15, 0.2) is 0 Å². The molecule has 86 valence electrons. The molecule has 15 heavy (non-hydrogen) atoms. The first-order valence-electron chi connectivity index (χ1n) is 5.85. The maximum Gasteiger partial charge on any atom is 0.0394 e. The molecule has 0 aromatic carbocycles. The van der Waals surface area contributed by atoms with Crippen LogP contribution in [0.25, 0.3) is 0 Å². The van der Waals surface area contributed by atoms with E-state index in [-0.39, 0.29) is 0 Å². The van der Waals surface area contributed by atoms with Gasteiger partial charge in [-0.2, -0.15) is 0 Å². The van der Waals surface area contributed by atoms with Gasteiger partial charge in [-0.25, -0.2) is 0 Å². The van der Waals surface area contributed by atoms with Crippen LogP contribution in [-0.2, 0) is 0 Å². The Morgan fingerprint density at radius 2 is 2.07 bits per heavy atom. The number of allylic oxidation sites excluding steroid dienone is 2. The Morgan fingerprint density at radius 1 is 1.40 bits per heavy atom. The highest BCUT2D eigenvalue weighted by Crippen LogP contribution is 2.12. The SMILES string of the molecule is C=N/C(C)=C\C(=N/CC)C(C)CCCC. The molecule has 2 heteroatoms. The van der Waals surface area contributed by atoms with Crippen molar-refractivity contribution in [3.8, 4) is 0 Å². The fraction of sp³-hybridized carbons (Fsp3) is 0.692. The van der Waals surface area contributed by atoms with E-state index in [0.717, 1.165) is 18.0 Å². The minimum atomic E-state index is 0.529. The molecule has 0 saturated heterocycles. The Kier molecular flexibility index (Phi) is 7.88. The van der Waals surface area contributed by atoms with Gasteiger partial charge >= 0.3 is 0 Å². The average Bonchev–Trinajstić information content (AvgIpc) is 2.24. The van der Waals surface area contributed by atoms with Crippen LogP contribution in [0.1, 0.15) is 47.0 Å². The van der Waals surface area contributed by atoms with Crippen LogP contribution in [0.2, 0.25) is 0 Å². The van der Waals surface area contributed by atoms with E-state index in [9.17, 15) is 0 Å². The van der Waals surface area contributed by atoms with Gasteiger partial charge in [0.2, 0.25) is 0 Å². The van der Waals surface area contributed by atoms with Crippen LogP contribution in [0.15, 0.2) is 21.8 Å². The molecule has 0 saturated carbocycles. The molecule has 0 heterocycles. The minimum Gasteiger partial charge on any atom is -0.290 e. The third-order valence-electron chi connectivity index (χ3n) is 2.44. The Hall–Kier alpha value is -0.920. The van der Waals surface area contributed by atoms with Crippen molar-refractivity contribution in [3.05, 3.63) is 11.8 Å². The second-order valence-corrected chi connectivity index (χ2v) is 3.89. The maximum atomic E-state index is 4.52. The number of aliphatic imine (C=N–C) groups is 2. The van der Waals surface area contributed by atoms with Gasteiger partial charge in [0, 0.05) is 18.0 Å². The number of hydrogen-bond acceptors (Lipinski definition) is 2. The molecule has 0 rings (SSSR count). The minimum absolute atomic E-state index is 0.529. The summed E-state index contributed by atoms with van der Waals surface area (Å²) in [4.78, 5) is 8.42. The zero-order valence-corrected chi connectivity index (χ0v) is 10.6. The highest BCUT2D eigenvalue weighted by atomic mass is 14.7. The largest absolute Gasteiger partial charge is 0.290 e. The normalized spacial score (nSPS) is 15.2. The van der Waals surface area contributed by atoms with Crippen LogP contribution in [-0.4, -0.2) is 19.0 Å². The number of nitrogens with zero attached hydrogens (tertiary/aromatic N) is 2. The molecule has 0 radical (unpaired) electrons. The Balaban J connectivity index is 4.52. The molecule has 0 bridgehead atoms. The smallest absolute Gasteiger partial charge is 0.0394 e. The van der Waals surface area contributed by atoms with Crippen LogP contribution in [0.4, 0.5) is 0 Å². The van der Waals surface area contributed by atoms with Crippen molar-refractivity contribution >= 4 is 12.4 Å². The fourth-order valence-corrected chi connectivity index (χ4v) is 1.44. The number of rotatable bonds is 7. The molecule has 0 aromatic heterocycles. The predicted molar refractivity (Wildman–Crippen MR) is 70.0 cm³/mol. The molecule has 0 aliphatic carbocycles. The lowest BCUT2D eigenvalue weighted by Crippen LogP contribution is -2.09. The average molecular weight is 208 g/mol. The van der Waals surface area contributed by atoms with E-state index in [1.807, 2.05) is 6.92 Å². The molecule has 0 aliphatic rings. The molecule has 0 aromatic rings. The zero-order valence-electron chi connectivity index (χ0n) is 10.6. The summed E-state index contributed by atoms with van der Waals surface area (Å²) in [7, 11) is 0. The van der Waals surface area contributed by atoms with Gasteiger partial charge in [-0.3, -0.25) is 9.98 Å². The lowest BCUT2D eigenvalue weighted by atomic mass is 9.98. The Morgan fingerprint density at radius 3 is 2.53 bits per heavy atom. The molecular weight excluding hydrogens is 184 g/mol. The third-order valence-corrected chi connectivity index (χ3v) is 2.44. The van der Waals surface area contributed by atoms with Crippen LogP contribution in [0.3, 0.4) is 0 Å². The predicted octanol–water partition coefficient (Wildman–Crippen LogP) is 3.88. The van der Waals surface area contributed by atoms with Gasteiger partial charge in [0.05, 0.1) is 0 Å². The second-order valence-electron chi connectivity index (χ2n) is 3.89. The molecule has 1 unspecified atom stereocenters. The molecule has 2 nitrogen and oxygen atoms in total. The van der Waals surface area contributed by atoms with Crippen molar-refractivity contribution in [2.24, 2.45) is 15.9 Å². The van der Waals surface area contributed by atoms with Gasteiger partial charge in [-0.05, 0) is 39.0 Å². The molecule has 1 atom stereocenters. The molecular formula is C13H24N2. The van der Waals surface area contributed by atoms with Crippen LogP contribution >= 0.6 is 0 Å². The van der Waals surface area contributed by atoms with Crippen molar-refractivity contribution in [2.75, 3.05) is 6.54 Å². The summed E-state index contributed by atoms with van der Waals surface area (Å²) in [5.74, 6) is 0.529. The van der Waals surface area contributed by atoms with E-state index < -0.39 is 0 Å². The summed E-state index contributed by atoms with van der Waals surface area (Å²) < 4.78 is 0. The maximum absolute atomic E-state index is 4.52. The van der Waals surface area contributed by atoms with Gasteiger partial charge < -0.3 is 0 Å². The van der Waals surface area contributed by atoms with Gasteiger partial charge in [0.1, 0.15) is 0 Å². The summed E-state index contributed by atoms with van der Waals surface area (Å²) in [6.45, 7) is 12.8. The fourth-order valence-electron chi connectivity index (χ4n) is 1.44. The topological polar surface area (TPSA) is 24.7 Å². The van der Waals surface area contributed by atoms with Crippen molar-refractivity contribution in [2.45, 2.75) is 47.0 Å². The number of hydrogen-bond donors (Lipinski definition) is 0. The van der Waals surface area contributed by atoms with Crippen LogP contribution < -0.4 is 0 Å². The van der Waals surface area contributed by atoms with Crippen LogP contribution in [0.5, 0.6) is 0 Å². The first kappa shape index (κ1) is 14.1. The van der Waals surface area contributed by atoms with Crippen molar-refractivity contribution in [1.29, 1.82) is 0 Å². The third kappa shape index (κ3) is 6.21. The van der Waals surface area contributed by atoms with Crippen LogP contribution in [0, 0.1) is 5.92 Å². The standard InChI is InChI=1S/C13H24N2/c1-6-8-9-11(3)13(15-7-2)10-12(4)14-5/h10-11H,5-9H2,1-4H3/b12-10-,15-13+. The lowest BCUT2D eigenvalue weighted by molar-refractivity contribution is 0.624. The molecule has 0 N–H and O–H groups in total. The number of unbranched alkanes of at least 4 members (excludes halogenated alkanes) is 1. The summed E-state index contributed by atoms with van der Waals surface area (Å²) in [5.41, 5.74) is 2.11. The van der Waals surface area contributed by atoms with Crippen molar-refractivity contribution in [3.63, 3.8) is 0 Å². The first-order chi connectivity index (χ1) is 7.15. The molecule has 0 aliphatic heterocycles. The van der Waals surface area contributed by atoms with Gasteiger partial charge in [0.25, 0.3) is 0 Å². The van der Waals surface area contributed by atoms with Crippen molar-refractivity contribution < 1.29 is 0 Å². The van der Waals surface area contributed by atoms with E-state index in [1.54, 1.807) is 0 Å². The van der Waals surface area contributed by atoms with E-state index in [0.29, 0.717) is 5.92 Å². The highest BCUT2D eigenvalue weighted by molar-refractivity contribution is 5.97. The summed E-state index contributed by atoms with van der Waals surface area (Å²) in [6, 6.07) is 0. The summed E-state index contributed by atoms with van der Waals surface area (Å²) >= 11 is 0. The molecule has 0 amide bonds. The summed E-state index contributed by atoms with van der Waals surface area (Å²) in [5, 5.41) is 0. The molecule has 0 fully saturated rings. The molecule has 0 spiro atoms. The van der Waals surface area contributed by atoms with E-state index >= 15 is 0 Å². The van der Waals surface area contributed by atoms with Crippen molar-refractivity contribution in [1.82, 2.24) is 0 Å². The van der Waals surface area contributed by atoms with Gasteiger partial charge in [-0.1, -0.05) is 26.7 Å². The second kappa shape index (κ2) is 8.39. The zero-order chi connectivity index (χ0) is 11.7. The van der Waals surface area contributed by atoms with Gasteiger partial charge in [-0.15, -0.1) is 0 Å². The highest BCUT2D eigenvalue weighted by Gasteiger charge is 2.07. The lowest BCUT2D eigenvalue weighted by Gasteiger charge is -2.11. The van der Waals surface area contributed by atoms with E-state index in [1.165, 1.54) is 19.3 Å². The monoisotopic (exact) mass is 208 g/mol. The van der Waals surface area contributed by atoms with E-state index in [2.05, 4.69) is 43.5 Å². The first-order valence-corrected chi connectivity index (χ1v) is 5.85. The summed E-state index contributed by atoms with van der Waals surface area (Å²) in [6.07, 6.45) is 5.76. The Labute approximate surface area is 94.2 Å².